The third-order valence-corrected chi connectivity index (χ3v) is 5.36. The number of benzene rings is 2. The smallest absolute Gasteiger partial charge is 0.295 e. The maximum Gasteiger partial charge on any atom is 0.295 e. The van der Waals surface area contributed by atoms with E-state index in [0.29, 0.717) is 48.6 Å². The van der Waals surface area contributed by atoms with Gasteiger partial charge in [0.05, 0.1) is 30.9 Å². The van der Waals surface area contributed by atoms with Crippen LogP contribution >= 0.6 is 0 Å². The first-order chi connectivity index (χ1) is 15.4. The molecule has 0 aliphatic carbocycles. The van der Waals surface area contributed by atoms with Gasteiger partial charge in [-0.3, -0.25) is 9.59 Å². The molecule has 32 heavy (non-hydrogen) atoms. The predicted molar refractivity (Wildman–Crippen MR) is 121 cm³/mol. The number of carbonyl (C=O) groups is 2. The highest BCUT2D eigenvalue weighted by molar-refractivity contribution is 6.46. The Balaban J connectivity index is 2.15. The summed E-state index contributed by atoms with van der Waals surface area (Å²) in [6, 6.07) is 11.7. The van der Waals surface area contributed by atoms with Crippen molar-refractivity contribution in [3.05, 3.63) is 64.7 Å². The molecule has 7 nitrogen and oxygen atoms in total. The van der Waals surface area contributed by atoms with E-state index in [1.54, 1.807) is 36.4 Å². The van der Waals surface area contributed by atoms with Crippen LogP contribution in [0.3, 0.4) is 0 Å². The zero-order valence-corrected chi connectivity index (χ0v) is 18.6. The average molecular weight is 440 g/mol. The fourth-order valence-corrected chi connectivity index (χ4v) is 3.88. The Kier molecular flexibility index (Phi) is 7.53. The van der Waals surface area contributed by atoms with Crippen molar-refractivity contribution in [2.24, 2.45) is 0 Å². The number of hydrogen-bond acceptors (Lipinski definition) is 6. The Labute approximate surface area is 187 Å². The number of rotatable bonds is 9. The zero-order valence-electron chi connectivity index (χ0n) is 18.6. The third-order valence-electron chi connectivity index (χ3n) is 5.36. The molecule has 7 heteroatoms. The van der Waals surface area contributed by atoms with Crippen molar-refractivity contribution >= 4 is 17.4 Å². The van der Waals surface area contributed by atoms with E-state index in [1.165, 1.54) is 12.0 Å². The number of amides is 1. The quantitative estimate of drug-likeness (QED) is 0.268. The summed E-state index contributed by atoms with van der Waals surface area (Å²) < 4.78 is 11.1. The normalized spacial score (nSPS) is 17.6. The Morgan fingerprint density at radius 3 is 2.62 bits per heavy atom. The number of nitrogens with zero attached hydrogens (tertiary/aromatic N) is 1. The number of aliphatic hydroxyl groups excluding tert-OH is 2. The molecule has 1 unspecified atom stereocenters. The maximum absolute atomic E-state index is 13.1. The van der Waals surface area contributed by atoms with Crippen LogP contribution in [0.5, 0.6) is 11.5 Å². The molecule has 1 aliphatic heterocycles. The fraction of sp³-hybridized carbons (Fsp3) is 0.360. The highest BCUT2D eigenvalue weighted by atomic mass is 16.5. The van der Waals surface area contributed by atoms with Crippen LogP contribution in [0.15, 0.2) is 48.0 Å². The van der Waals surface area contributed by atoms with Crippen LogP contribution in [0.25, 0.3) is 5.76 Å². The van der Waals surface area contributed by atoms with E-state index >= 15 is 0 Å². The molecule has 1 atom stereocenters. The van der Waals surface area contributed by atoms with Crippen molar-refractivity contribution < 1.29 is 29.3 Å². The summed E-state index contributed by atoms with van der Waals surface area (Å²) in [5, 5.41) is 20.2. The molecule has 0 radical (unpaired) electrons. The molecule has 170 valence electrons. The molecule has 0 spiro atoms. The second kappa shape index (κ2) is 10.3. The van der Waals surface area contributed by atoms with Gasteiger partial charge in [0.15, 0.2) is 0 Å². The van der Waals surface area contributed by atoms with E-state index < -0.39 is 17.7 Å². The van der Waals surface area contributed by atoms with Crippen molar-refractivity contribution in [1.82, 2.24) is 4.90 Å². The molecule has 1 heterocycles. The second-order valence-corrected chi connectivity index (χ2v) is 7.69. The molecule has 2 aromatic carbocycles. The summed E-state index contributed by atoms with van der Waals surface area (Å²) in [5.41, 5.74) is 1.93. The van der Waals surface area contributed by atoms with E-state index in [0.717, 1.165) is 5.56 Å². The van der Waals surface area contributed by atoms with Crippen LogP contribution in [0.2, 0.25) is 0 Å². The van der Waals surface area contributed by atoms with Crippen molar-refractivity contribution in [2.45, 2.75) is 32.7 Å². The number of methoxy groups -OCH3 is 1. The molecule has 0 saturated carbocycles. The fourth-order valence-electron chi connectivity index (χ4n) is 3.88. The van der Waals surface area contributed by atoms with Crippen LogP contribution < -0.4 is 9.47 Å². The zero-order chi connectivity index (χ0) is 23.3. The standard InChI is InChI=1S/C25H29NO6/c1-4-11-26-22(17-7-5-8-18(15-17)32-13-6-12-27)21(24(29)25(26)30)23(28)19-14-16(2)9-10-20(19)31-3/h5,7-10,14-15,22,27-28H,4,6,11-13H2,1-3H3/b23-21+. The number of carbonyl (C=O) groups excluding carboxylic acids is 2. The SMILES string of the molecule is CCCN1C(=O)C(=O)/C(=C(/O)c2cc(C)ccc2OC)C1c1cccc(OCCCO)c1. The number of likely N-dealkylation sites (tertiary alicyclic amines) is 1. The Morgan fingerprint density at radius 2 is 1.94 bits per heavy atom. The lowest BCUT2D eigenvalue weighted by atomic mass is 9.94. The molecule has 1 saturated heterocycles. The van der Waals surface area contributed by atoms with Crippen LogP contribution in [0.1, 0.15) is 42.5 Å². The van der Waals surface area contributed by atoms with E-state index in [9.17, 15) is 14.7 Å². The molecular weight excluding hydrogens is 410 g/mol. The van der Waals surface area contributed by atoms with Crippen molar-refractivity contribution in [2.75, 3.05) is 26.9 Å². The number of ketones is 1. The lowest BCUT2D eigenvalue weighted by molar-refractivity contribution is -0.139. The minimum Gasteiger partial charge on any atom is -0.507 e. The molecule has 2 aromatic rings. The summed E-state index contributed by atoms with van der Waals surface area (Å²) >= 11 is 0. The first-order valence-electron chi connectivity index (χ1n) is 10.7. The summed E-state index contributed by atoms with van der Waals surface area (Å²) in [4.78, 5) is 27.4. The van der Waals surface area contributed by atoms with Gasteiger partial charge in [0, 0.05) is 19.6 Å². The van der Waals surface area contributed by atoms with Gasteiger partial charge in [-0.25, -0.2) is 0 Å². The van der Waals surface area contributed by atoms with Gasteiger partial charge in [-0.2, -0.15) is 0 Å². The van der Waals surface area contributed by atoms with Crippen molar-refractivity contribution in [3.8, 4) is 11.5 Å². The molecule has 1 aliphatic rings. The number of Topliss-reactive ketones (excluding diaryl/α,β-unsaturated/α-hetero) is 1. The third kappa shape index (κ3) is 4.62. The number of aryl methyl sites for hydroxylation is 1. The molecule has 0 bridgehead atoms. The van der Waals surface area contributed by atoms with E-state index in [2.05, 4.69) is 0 Å². The Morgan fingerprint density at radius 1 is 1.16 bits per heavy atom. The first kappa shape index (κ1) is 23.3. The highest BCUT2D eigenvalue weighted by Crippen LogP contribution is 2.41. The molecule has 1 amide bonds. The molecule has 3 rings (SSSR count). The van der Waals surface area contributed by atoms with Crippen LogP contribution in [0, 0.1) is 6.92 Å². The summed E-state index contributed by atoms with van der Waals surface area (Å²) in [5.74, 6) is -0.660. The Hall–Kier alpha value is -3.32. The van der Waals surface area contributed by atoms with Crippen LogP contribution in [-0.2, 0) is 9.59 Å². The first-order valence-corrected chi connectivity index (χ1v) is 10.7. The second-order valence-electron chi connectivity index (χ2n) is 7.69. The van der Waals surface area contributed by atoms with Crippen molar-refractivity contribution in [1.29, 1.82) is 0 Å². The molecular formula is C25H29NO6. The van der Waals surface area contributed by atoms with Gasteiger partial charge in [-0.15, -0.1) is 0 Å². The highest BCUT2D eigenvalue weighted by Gasteiger charge is 2.46. The van der Waals surface area contributed by atoms with Gasteiger partial charge < -0.3 is 24.6 Å². The van der Waals surface area contributed by atoms with Crippen LogP contribution in [-0.4, -0.2) is 53.7 Å². The van der Waals surface area contributed by atoms with Crippen LogP contribution in [0.4, 0.5) is 0 Å². The van der Waals surface area contributed by atoms with E-state index in [1.807, 2.05) is 19.9 Å². The van der Waals surface area contributed by atoms with E-state index in [4.69, 9.17) is 14.6 Å². The number of aliphatic hydroxyl groups is 2. The van der Waals surface area contributed by atoms with Gasteiger partial charge >= 0.3 is 0 Å². The lowest BCUT2D eigenvalue weighted by Gasteiger charge is -2.25. The van der Waals surface area contributed by atoms with Crippen molar-refractivity contribution in [3.63, 3.8) is 0 Å². The summed E-state index contributed by atoms with van der Waals surface area (Å²) in [6.07, 6.45) is 1.15. The van der Waals surface area contributed by atoms with Gasteiger partial charge in [0.25, 0.3) is 11.7 Å². The average Bonchev–Trinajstić information content (AvgIpc) is 3.04. The summed E-state index contributed by atoms with van der Waals surface area (Å²) in [7, 11) is 1.49. The monoisotopic (exact) mass is 439 g/mol. The largest absolute Gasteiger partial charge is 0.507 e. The maximum atomic E-state index is 13.1. The minimum atomic E-state index is -0.749. The van der Waals surface area contributed by atoms with Gasteiger partial charge in [0.2, 0.25) is 0 Å². The minimum absolute atomic E-state index is 0.0225. The molecule has 1 fully saturated rings. The summed E-state index contributed by atoms with van der Waals surface area (Å²) in [6.45, 7) is 4.53. The number of hydrogen-bond donors (Lipinski definition) is 2. The predicted octanol–water partition coefficient (Wildman–Crippen LogP) is 3.60. The van der Waals surface area contributed by atoms with E-state index in [-0.39, 0.29) is 17.9 Å². The van der Waals surface area contributed by atoms with Gasteiger partial charge in [0.1, 0.15) is 17.3 Å². The Bertz CT molecular complexity index is 1030. The van der Waals surface area contributed by atoms with Gasteiger partial charge in [-0.1, -0.05) is 30.7 Å². The molecule has 2 N–H and O–H groups in total. The number of ether oxygens (including phenoxy) is 2. The van der Waals surface area contributed by atoms with Gasteiger partial charge in [-0.05, 0) is 43.2 Å². The lowest BCUT2D eigenvalue weighted by Crippen LogP contribution is -2.30. The topological polar surface area (TPSA) is 96.3 Å². The molecule has 0 aromatic heterocycles.